The molecule has 0 saturated carbocycles. The van der Waals surface area contributed by atoms with Crippen LogP contribution in [0.4, 0.5) is 0 Å². The van der Waals surface area contributed by atoms with Gasteiger partial charge in [0.25, 0.3) is 0 Å². The largest absolute Gasteiger partial charge is 0.481 e. The van der Waals surface area contributed by atoms with Gasteiger partial charge in [-0.1, -0.05) is 23.7 Å². The molecule has 1 atom stereocenters. The van der Waals surface area contributed by atoms with Crippen molar-refractivity contribution in [3.05, 3.63) is 56.7 Å². The molecule has 0 aliphatic heterocycles. The Hall–Kier alpha value is -1.85. The van der Waals surface area contributed by atoms with Crippen LogP contribution in [-0.4, -0.2) is 22.2 Å². The molecule has 1 aromatic carbocycles. The molecule has 0 radical (unpaired) electrons. The third-order valence-electron chi connectivity index (χ3n) is 2.88. The maximum absolute atomic E-state index is 11.4. The second kappa shape index (κ2) is 6.07. The highest BCUT2D eigenvalue weighted by Crippen LogP contribution is 2.30. The molecule has 0 saturated heterocycles. The van der Waals surface area contributed by atoms with Crippen LogP contribution in [0.15, 0.2) is 36.4 Å². The second-order valence-corrected chi connectivity index (χ2v) is 5.99. The number of hydrogen-bond donors (Lipinski definition) is 2. The number of hydrogen-bond acceptors (Lipinski definition) is 3. The van der Waals surface area contributed by atoms with Crippen LogP contribution in [0.25, 0.3) is 0 Å². The summed E-state index contributed by atoms with van der Waals surface area (Å²) in [5.41, 5.74) is 0.951. The van der Waals surface area contributed by atoms with Crippen LogP contribution in [0.2, 0.25) is 4.34 Å². The van der Waals surface area contributed by atoms with Crippen LogP contribution < -0.4 is 0 Å². The van der Waals surface area contributed by atoms with E-state index in [0.29, 0.717) is 15.6 Å². The highest BCUT2D eigenvalue weighted by molar-refractivity contribution is 7.16. The summed E-state index contributed by atoms with van der Waals surface area (Å²) in [6.45, 7) is 0. The lowest BCUT2D eigenvalue weighted by Gasteiger charge is -2.10. The lowest BCUT2D eigenvalue weighted by molar-refractivity contribution is -0.138. The van der Waals surface area contributed by atoms with E-state index in [1.165, 1.54) is 23.5 Å². The Kier molecular flexibility index (Phi) is 4.42. The van der Waals surface area contributed by atoms with Crippen molar-refractivity contribution in [3.8, 4) is 0 Å². The van der Waals surface area contributed by atoms with Crippen molar-refractivity contribution in [1.82, 2.24) is 0 Å². The Labute approximate surface area is 124 Å². The second-order valence-electron chi connectivity index (χ2n) is 4.24. The van der Waals surface area contributed by atoms with Crippen molar-refractivity contribution in [2.45, 2.75) is 12.3 Å². The van der Waals surface area contributed by atoms with Gasteiger partial charge in [-0.3, -0.25) is 4.79 Å². The normalized spacial score (nSPS) is 12.1. The standard InChI is InChI=1S/C14H11ClO4S/c15-12-6-5-11(20-12)10(14(18)19)7-8-1-3-9(4-2-8)13(16)17/h1-6,10H,7H2,(H,16,17)(H,18,19). The van der Waals surface area contributed by atoms with E-state index in [1.54, 1.807) is 24.3 Å². The van der Waals surface area contributed by atoms with E-state index >= 15 is 0 Å². The number of carbonyl (C=O) groups is 2. The molecular weight excluding hydrogens is 300 g/mol. The lowest BCUT2D eigenvalue weighted by atomic mass is 9.97. The number of halogens is 1. The number of rotatable bonds is 5. The number of benzene rings is 1. The fourth-order valence-electron chi connectivity index (χ4n) is 1.84. The molecule has 1 unspecified atom stereocenters. The topological polar surface area (TPSA) is 74.6 Å². The third kappa shape index (κ3) is 3.37. The van der Waals surface area contributed by atoms with Crippen LogP contribution in [0.5, 0.6) is 0 Å². The van der Waals surface area contributed by atoms with Gasteiger partial charge in [-0.15, -0.1) is 11.3 Å². The zero-order chi connectivity index (χ0) is 14.7. The van der Waals surface area contributed by atoms with Crippen molar-refractivity contribution in [2.24, 2.45) is 0 Å². The van der Waals surface area contributed by atoms with Crippen LogP contribution in [0.1, 0.15) is 26.7 Å². The summed E-state index contributed by atoms with van der Waals surface area (Å²) < 4.78 is 0.549. The average molecular weight is 311 g/mol. The monoisotopic (exact) mass is 310 g/mol. The van der Waals surface area contributed by atoms with Gasteiger partial charge in [-0.25, -0.2) is 4.79 Å². The Morgan fingerprint density at radius 1 is 1.10 bits per heavy atom. The summed E-state index contributed by atoms with van der Waals surface area (Å²) in [7, 11) is 0. The van der Waals surface area contributed by atoms with E-state index in [4.69, 9.17) is 16.7 Å². The summed E-state index contributed by atoms with van der Waals surface area (Å²) in [4.78, 5) is 22.8. The van der Waals surface area contributed by atoms with Crippen LogP contribution in [-0.2, 0) is 11.2 Å². The minimum absolute atomic E-state index is 0.180. The number of aromatic carboxylic acids is 1. The molecule has 104 valence electrons. The smallest absolute Gasteiger partial charge is 0.335 e. The van der Waals surface area contributed by atoms with Crippen molar-refractivity contribution in [1.29, 1.82) is 0 Å². The molecule has 20 heavy (non-hydrogen) atoms. The molecule has 2 aromatic rings. The fourth-order valence-corrected chi connectivity index (χ4v) is 3.00. The zero-order valence-electron chi connectivity index (χ0n) is 10.2. The lowest BCUT2D eigenvalue weighted by Crippen LogP contribution is -2.13. The Morgan fingerprint density at radius 3 is 2.20 bits per heavy atom. The predicted octanol–water partition coefficient (Wildman–Crippen LogP) is 3.51. The molecule has 0 aliphatic rings. The van der Waals surface area contributed by atoms with E-state index in [2.05, 4.69) is 0 Å². The van der Waals surface area contributed by atoms with Gasteiger partial charge in [0, 0.05) is 4.88 Å². The summed E-state index contributed by atoms with van der Waals surface area (Å²) in [6, 6.07) is 9.58. The molecule has 4 nitrogen and oxygen atoms in total. The zero-order valence-corrected chi connectivity index (χ0v) is 11.8. The molecule has 0 bridgehead atoms. The van der Waals surface area contributed by atoms with E-state index < -0.39 is 17.9 Å². The predicted molar refractivity (Wildman–Crippen MR) is 76.8 cm³/mol. The molecule has 0 amide bonds. The van der Waals surface area contributed by atoms with Crippen molar-refractivity contribution >= 4 is 34.9 Å². The van der Waals surface area contributed by atoms with Gasteiger partial charge in [0.15, 0.2) is 0 Å². The number of carboxylic acids is 2. The number of thiophene rings is 1. The van der Waals surface area contributed by atoms with Gasteiger partial charge in [0.05, 0.1) is 15.8 Å². The summed E-state index contributed by atoms with van der Waals surface area (Å²) in [5, 5.41) is 18.1. The summed E-state index contributed by atoms with van der Waals surface area (Å²) >= 11 is 7.07. The van der Waals surface area contributed by atoms with Crippen molar-refractivity contribution < 1.29 is 19.8 Å². The summed E-state index contributed by atoms with van der Waals surface area (Å²) in [5.74, 6) is -2.61. The molecule has 1 heterocycles. The maximum atomic E-state index is 11.4. The molecule has 1 aromatic heterocycles. The van der Waals surface area contributed by atoms with E-state index in [-0.39, 0.29) is 5.56 Å². The van der Waals surface area contributed by atoms with E-state index in [9.17, 15) is 14.7 Å². The van der Waals surface area contributed by atoms with Gasteiger partial charge in [-0.2, -0.15) is 0 Å². The summed E-state index contributed by atoms with van der Waals surface area (Å²) in [6.07, 6.45) is 0.298. The molecule has 0 aliphatic carbocycles. The SMILES string of the molecule is O=C(O)c1ccc(CC(C(=O)O)c2ccc(Cl)s2)cc1. The first-order valence-corrected chi connectivity index (χ1v) is 6.97. The number of carboxylic acid groups (broad SMARTS) is 2. The minimum atomic E-state index is -1.00. The van der Waals surface area contributed by atoms with Gasteiger partial charge in [0.2, 0.25) is 0 Å². The first-order valence-electron chi connectivity index (χ1n) is 5.77. The number of aliphatic carboxylic acids is 1. The quantitative estimate of drug-likeness (QED) is 0.886. The van der Waals surface area contributed by atoms with Crippen LogP contribution >= 0.6 is 22.9 Å². The minimum Gasteiger partial charge on any atom is -0.481 e. The van der Waals surface area contributed by atoms with Crippen molar-refractivity contribution in [3.63, 3.8) is 0 Å². The fraction of sp³-hybridized carbons (Fsp3) is 0.143. The van der Waals surface area contributed by atoms with Gasteiger partial charge < -0.3 is 10.2 Å². The molecule has 6 heteroatoms. The Morgan fingerprint density at radius 2 is 1.75 bits per heavy atom. The molecular formula is C14H11ClO4S. The third-order valence-corrected chi connectivity index (χ3v) is 4.22. The van der Waals surface area contributed by atoms with Crippen LogP contribution in [0, 0.1) is 0 Å². The van der Waals surface area contributed by atoms with Crippen LogP contribution in [0.3, 0.4) is 0 Å². The van der Waals surface area contributed by atoms with Gasteiger partial charge in [-0.05, 0) is 36.2 Å². The molecule has 0 fully saturated rings. The maximum Gasteiger partial charge on any atom is 0.335 e. The van der Waals surface area contributed by atoms with Crippen molar-refractivity contribution in [2.75, 3.05) is 0 Å². The Balaban J connectivity index is 2.20. The van der Waals surface area contributed by atoms with Gasteiger partial charge in [0.1, 0.15) is 0 Å². The highest BCUT2D eigenvalue weighted by Gasteiger charge is 2.22. The Bertz CT molecular complexity index is 633. The van der Waals surface area contributed by atoms with E-state index in [0.717, 1.165) is 5.56 Å². The highest BCUT2D eigenvalue weighted by atomic mass is 35.5. The molecule has 2 rings (SSSR count). The average Bonchev–Trinajstić information content (AvgIpc) is 2.82. The van der Waals surface area contributed by atoms with E-state index in [1.807, 2.05) is 0 Å². The molecule has 2 N–H and O–H groups in total. The first kappa shape index (κ1) is 14.6. The first-order chi connectivity index (χ1) is 9.47. The molecule has 0 spiro atoms. The van der Waals surface area contributed by atoms with Gasteiger partial charge >= 0.3 is 11.9 Å².